The van der Waals surface area contributed by atoms with E-state index in [9.17, 15) is 13.6 Å². The van der Waals surface area contributed by atoms with Crippen LogP contribution in [0.15, 0.2) is 28.7 Å². The maximum atomic E-state index is 12.5. The second kappa shape index (κ2) is 4.04. The molecule has 0 atom stereocenters. The number of anilines is 1. The van der Waals surface area contributed by atoms with Gasteiger partial charge in [0, 0.05) is 17.1 Å². The molecule has 0 saturated heterocycles. The summed E-state index contributed by atoms with van der Waals surface area (Å²) in [5, 5.41) is 2.10. The van der Waals surface area contributed by atoms with Crippen molar-refractivity contribution in [2.75, 3.05) is 5.32 Å². The molecule has 0 aliphatic carbocycles. The molecule has 0 fully saturated rings. The van der Waals surface area contributed by atoms with Crippen molar-refractivity contribution in [2.24, 2.45) is 0 Å². The first kappa shape index (κ1) is 11.1. The third-order valence-electron chi connectivity index (χ3n) is 1.50. The average molecular weight is 264 g/mol. The summed E-state index contributed by atoms with van der Waals surface area (Å²) in [4.78, 5) is 10.8. The zero-order valence-corrected chi connectivity index (χ0v) is 8.94. The van der Waals surface area contributed by atoms with E-state index < -0.39 is 11.8 Å². The molecule has 0 heterocycles. The first-order valence-corrected chi connectivity index (χ1v) is 4.64. The third-order valence-corrected chi connectivity index (χ3v) is 2.03. The Morgan fingerprint density at radius 2 is 1.86 bits per heavy atom. The molecule has 0 bridgehead atoms. The van der Waals surface area contributed by atoms with Crippen molar-refractivity contribution < 1.29 is 13.6 Å². The van der Waals surface area contributed by atoms with Crippen LogP contribution >= 0.6 is 15.9 Å². The molecule has 1 aromatic carbocycles. The van der Waals surface area contributed by atoms with Gasteiger partial charge in [-0.1, -0.05) is 15.9 Å². The second-order valence-corrected chi connectivity index (χ2v) is 3.77. The van der Waals surface area contributed by atoms with Crippen molar-refractivity contribution in [3.63, 3.8) is 0 Å². The molecule has 76 valence electrons. The van der Waals surface area contributed by atoms with E-state index in [0.717, 1.165) is 4.47 Å². The van der Waals surface area contributed by atoms with Gasteiger partial charge in [0.25, 0.3) is 5.91 Å². The van der Waals surface area contributed by atoms with E-state index in [1.54, 1.807) is 12.1 Å². The Labute approximate surface area is 88.4 Å². The summed E-state index contributed by atoms with van der Waals surface area (Å²) in [5.41, 5.74) is 0.347. The quantitative estimate of drug-likeness (QED) is 0.873. The number of carbonyl (C=O) groups is 1. The highest BCUT2D eigenvalue weighted by Gasteiger charge is 2.31. The van der Waals surface area contributed by atoms with Gasteiger partial charge in [0.2, 0.25) is 0 Å². The van der Waals surface area contributed by atoms with Crippen LogP contribution in [0.1, 0.15) is 6.92 Å². The number of hydrogen-bond donors (Lipinski definition) is 1. The van der Waals surface area contributed by atoms with E-state index in [2.05, 4.69) is 21.2 Å². The number of halogens is 3. The molecule has 0 spiro atoms. The zero-order valence-electron chi connectivity index (χ0n) is 7.35. The Kier molecular flexibility index (Phi) is 3.21. The maximum absolute atomic E-state index is 12.5. The number of rotatable bonds is 2. The van der Waals surface area contributed by atoms with E-state index in [0.29, 0.717) is 12.6 Å². The lowest BCUT2D eigenvalue weighted by Gasteiger charge is -2.10. The molecule has 1 rings (SSSR count). The Morgan fingerprint density at radius 1 is 1.36 bits per heavy atom. The Bertz CT molecular complexity index is 332. The van der Waals surface area contributed by atoms with Crippen LogP contribution in [0, 0.1) is 0 Å². The van der Waals surface area contributed by atoms with E-state index >= 15 is 0 Å². The molecule has 1 N–H and O–H groups in total. The minimum atomic E-state index is -3.35. The molecule has 0 radical (unpaired) electrons. The topological polar surface area (TPSA) is 29.1 Å². The molecule has 0 aliphatic rings. The van der Waals surface area contributed by atoms with Gasteiger partial charge in [0.05, 0.1) is 0 Å². The van der Waals surface area contributed by atoms with Crippen LogP contribution in [0.2, 0.25) is 0 Å². The minimum absolute atomic E-state index is 0.347. The lowest BCUT2D eigenvalue weighted by atomic mass is 10.3. The smallest absolute Gasteiger partial charge is 0.321 e. The summed E-state index contributed by atoms with van der Waals surface area (Å²) in [7, 11) is 0. The van der Waals surface area contributed by atoms with Crippen molar-refractivity contribution in [1.82, 2.24) is 0 Å². The fraction of sp³-hybridized carbons (Fsp3) is 0.222. The van der Waals surface area contributed by atoms with Gasteiger partial charge in [-0.25, -0.2) is 0 Å². The van der Waals surface area contributed by atoms with Gasteiger partial charge in [-0.2, -0.15) is 8.78 Å². The summed E-state index contributed by atoms with van der Waals surface area (Å²) >= 11 is 3.19. The molecule has 14 heavy (non-hydrogen) atoms. The Morgan fingerprint density at radius 3 is 2.29 bits per heavy atom. The van der Waals surface area contributed by atoms with Crippen LogP contribution in [0.25, 0.3) is 0 Å². The van der Waals surface area contributed by atoms with Crippen molar-refractivity contribution in [3.8, 4) is 0 Å². The molecule has 0 aromatic heterocycles. The molecular formula is C9H8BrF2NO. The number of benzene rings is 1. The molecule has 0 aliphatic heterocycles. The van der Waals surface area contributed by atoms with Gasteiger partial charge < -0.3 is 5.32 Å². The molecule has 5 heteroatoms. The standard InChI is InChI=1S/C9H8BrF2NO/c1-9(11,12)8(14)13-7-4-2-6(10)3-5-7/h2-5H,1H3,(H,13,14). The van der Waals surface area contributed by atoms with Gasteiger partial charge in [0.15, 0.2) is 0 Å². The van der Waals surface area contributed by atoms with Gasteiger partial charge in [0.1, 0.15) is 0 Å². The van der Waals surface area contributed by atoms with Gasteiger partial charge >= 0.3 is 5.92 Å². The lowest BCUT2D eigenvalue weighted by molar-refractivity contribution is -0.137. The minimum Gasteiger partial charge on any atom is -0.321 e. The summed E-state index contributed by atoms with van der Waals surface area (Å²) in [6.45, 7) is 0.557. The predicted octanol–water partition coefficient (Wildman–Crippen LogP) is 3.04. The van der Waals surface area contributed by atoms with Crippen LogP contribution in [-0.2, 0) is 4.79 Å². The number of hydrogen-bond acceptors (Lipinski definition) is 1. The van der Waals surface area contributed by atoms with E-state index in [1.165, 1.54) is 12.1 Å². The average Bonchev–Trinajstić information content (AvgIpc) is 2.07. The van der Waals surface area contributed by atoms with Crippen molar-refractivity contribution >= 4 is 27.5 Å². The van der Waals surface area contributed by atoms with Crippen LogP contribution < -0.4 is 5.32 Å². The first-order valence-electron chi connectivity index (χ1n) is 3.84. The van der Waals surface area contributed by atoms with Gasteiger partial charge in [-0.15, -0.1) is 0 Å². The van der Waals surface area contributed by atoms with Crippen molar-refractivity contribution in [3.05, 3.63) is 28.7 Å². The molecular weight excluding hydrogens is 256 g/mol. The van der Waals surface area contributed by atoms with Gasteiger partial charge in [-0.05, 0) is 24.3 Å². The fourth-order valence-corrected chi connectivity index (χ4v) is 1.04. The molecule has 1 amide bonds. The van der Waals surface area contributed by atoms with E-state index in [1.807, 2.05) is 0 Å². The van der Waals surface area contributed by atoms with Gasteiger partial charge in [-0.3, -0.25) is 4.79 Å². The van der Waals surface area contributed by atoms with E-state index in [4.69, 9.17) is 0 Å². The lowest BCUT2D eigenvalue weighted by Crippen LogP contribution is -2.31. The predicted molar refractivity (Wildman–Crippen MR) is 53.4 cm³/mol. The highest BCUT2D eigenvalue weighted by molar-refractivity contribution is 9.10. The number of carbonyl (C=O) groups excluding carboxylic acids is 1. The molecule has 1 aromatic rings. The van der Waals surface area contributed by atoms with Crippen molar-refractivity contribution in [1.29, 1.82) is 0 Å². The van der Waals surface area contributed by atoms with Crippen molar-refractivity contribution in [2.45, 2.75) is 12.8 Å². The van der Waals surface area contributed by atoms with Crippen LogP contribution in [0.5, 0.6) is 0 Å². The summed E-state index contributed by atoms with van der Waals surface area (Å²) < 4.78 is 25.7. The summed E-state index contributed by atoms with van der Waals surface area (Å²) in [5.74, 6) is -4.66. The summed E-state index contributed by atoms with van der Waals surface area (Å²) in [6, 6.07) is 6.38. The monoisotopic (exact) mass is 263 g/mol. The maximum Gasteiger partial charge on any atom is 0.322 e. The first-order chi connectivity index (χ1) is 6.39. The highest BCUT2D eigenvalue weighted by Crippen LogP contribution is 2.18. The second-order valence-electron chi connectivity index (χ2n) is 2.85. The molecule has 2 nitrogen and oxygen atoms in total. The van der Waals surface area contributed by atoms with Crippen LogP contribution in [-0.4, -0.2) is 11.8 Å². The fourth-order valence-electron chi connectivity index (χ4n) is 0.774. The largest absolute Gasteiger partial charge is 0.322 e. The SMILES string of the molecule is CC(F)(F)C(=O)Nc1ccc(Br)cc1. The Balaban J connectivity index is 2.71. The zero-order chi connectivity index (χ0) is 10.8. The number of alkyl halides is 2. The Hall–Kier alpha value is -0.970. The van der Waals surface area contributed by atoms with Crippen LogP contribution in [0.3, 0.4) is 0 Å². The molecule has 0 unspecified atom stereocenters. The van der Waals surface area contributed by atoms with E-state index in [-0.39, 0.29) is 0 Å². The normalized spacial score (nSPS) is 11.1. The number of nitrogens with one attached hydrogen (secondary N) is 1. The highest BCUT2D eigenvalue weighted by atomic mass is 79.9. The third kappa shape index (κ3) is 3.06. The molecule has 0 saturated carbocycles. The van der Waals surface area contributed by atoms with Crippen LogP contribution in [0.4, 0.5) is 14.5 Å². The summed E-state index contributed by atoms with van der Waals surface area (Å²) in [6.07, 6.45) is 0. The number of amides is 1.